The molecule has 6 nitrogen and oxygen atoms in total. The first-order chi connectivity index (χ1) is 15.5. The molecular weight excluding hydrogens is 446 g/mol. The van der Waals surface area contributed by atoms with Gasteiger partial charge >= 0.3 is 11.9 Å². The zero-order chi connectivity index (χ0) is 22.7. The second-order valence-corrected chi connectivity index (χ2v) is 10.6. The molecule has 1 N–H and O–H groups in total. The van der Waals surface area contributed by atoms with Crippen LogP contribution in [0.2, 0.25) is 0 Å². The molecule has 0 saturated carbocycles. The Hall–Kier alpha value is -2.19. The molecule has 1 amide bonds. The summed E-state index contributed by atoms with van der Waals surface area (Å²) >= 11 is 2.91. The number of nitrogens with one attached hydrogen (secondary N) is 1. The summed E-state index contributed by atoms with van der Waals surface area (Å²) in [6.07, 6.45) is 8.64. The lowest BCUT2D eigenvalue weighted by Crippen LogP contribution is -2.32. The second kappa shape index (κ2) is 10.2. The Morgan fingerprint density at radius 2 is 1.69 bits per heavy atom. The van der Waals surface area contributed by atoms with E-state index in [-0.39, 0.29) is 0 Å². The minimum absolute atomic E-state index is 0.349. The van der Waals surface area contributed by atoms with Crippen LogP contribution >= 0.6 is 22.7 Å². The average molecular weight is 476 g/mol. The molecule has 0 bridgehead atoms. The number of carbonyl (C=O) groups excluding carboxylic acids is 3. The molecule has 0 spiro atoms. The molecule has 2 heterocycles. The molecule has 172 valence electrons. The first-order valence-corrected chi connectivity index (χ1v) is 13.0. The van der Waals surface area contributed by atoms with Gasteiger partial charge in [0, 0.05) is 9.75 Å². The van der Waals surface area contributed by atoms with Crippen molar-refractivity contribution in [2.24, 2.45) is 0 Å². The topological polar surface area (TPSA) is 81.7 Å². The number of hydrogen-bond acceptors (Lipinski definition) is 7. The minimum atomic E-state index is -0.922. The van der Waals surface area contributed by atoms with Gasteiger partial charge in [0.1, 0.15) is 9.88 Å². The van der Waals surface area contributed by atoms with E-state index in [0.29, 0.717) is 21.9 Å². The number of esters is 2. The van der Waals surface area contributed by atoms with Crippen molar-refractivity contribution in [2.45, 2.75) is 77.2 Å². The molecule has 2 aliphatic rings. The molecule has 2 aromatic heterocycles. The molecule has 0 radical (unpaired) electrons. The van der Waals surface area contributed by atoms with E-state index in [9.17, 15) is 14.4 Å². The zero-order valence-corrected chi connectivity index (χ0v) is 20.2. The van der Waals surface area contributed by atoms with Crippen LogP contribution in [-0.2, 0) is 40.0 Å². The van der Waals surface area contributed by atoms with Crippen LogP contribution in [0.25, 0.3) is 0 Å². The molecule has 0 fully saturated rings. The zero-order valence-electron chi connectivity index (χ0n) is 18.6. The maximum atomic E-state index is 13.0. The van der Waals surface area contributed by atoms with Gasteiger partial charge in [-0.3, -0.25) is 4.79 Å². The number of hydrogen-bond donors (Lipinski definition) is 1. The third-order valence-electron chi connectivity index (χ3n) is 6.16. The largest absolute Gasteiger partial charge is 0.465 e. The van der Waals surface area contributed by atoms with Gasteiger partial charge in [0.25, 0.3) is 5.91 Å². The lowest BCUT2D eigenvalue weighted by Gasteiger charge is -2.15. The van der Waals surface area contributed by atoms with Crippen LogP contribution in [0, 0.1) is 0 Å². The number of ether oxygens (including phenoxy) is 2. The monoisotopic (exact) mass is 475 g/mol. The van der Waals surface area contributed by atoms with Crippen molar-refractivity contribution < 1.29 is 23.9 Å². The lowest BCUT2D eigenvalue weighted by atomic mass is 9.99. The molecule has 2 aliphatic carbocycles. The number of aryl methyl sites for hydroxylation is 3. The summed E-state index contributed by atoms with van der Waals surface area (Å²) < 4.78 is 10.6. The SMILES string of the molecule is CCC(OC(=O)c1cc2c(s1)CCCC2)C(=O)Nc1sc2c(c1C(=O)OC)CCCCC2. The van der Waals surface area contributed by atoms with Crippen LogP contribution in [0.1, 0.15) is 86.4 Å². The van der Waals surface area contributed by atoms with Crippen molar-refractivity contribution in [2.75, 3.05) is 12.4 Å². The first-order valence-electron chi connectivity index (χ1n) is 11.4. The van der Waals surface area contributed by atoms with Crippen LogP contribution < -0.4 is 5.32 Å². The number of thiophene rings is 2. The summed E-state index contributed by atoms with van der Waals surface area (Å²) in [6, 6.07) is 1.91. The summed E-state index contributed by atoms with van der Waals surface area (Å²) in [5.74, 6) is -1.31. The third kappa shape index (κ3) is 4.76. The van der Waals surface area contributed by atoms with Gasteiger partial charge in [0.15, 0.2) is 6.10 Å². The van der Waals surface area contributed by atoms with Crippen LogP contribution in [0.3, 0.4) is 0 Å². The minimum Gasteiger partial charge on any atom is -0.465 e. The molecule has 32 heavy (non-hydrogen) atoms. The number of carbonyl (C=O) groups is 3. The van der Waals surface area contributed by atoms with E-state index in [1.807, 2.05) is 13.0 Å². The van der Waals surface area contributed by atoms with E-state index in [2.05, 4.69) is 5.32 Å². The Morgan fingerprint density at radius 1 is 0.969 bits per heavy atom. The average Bonchev–Trinajstić information content (AvgIpc) is 3.30. The van der Waals surface area contributed by atoms with Crippen molar-refractivity contribution >= 4 is 45.5 Å². The van der Waals surface area contributed by atoms with Crippen molar-refractivity contribution in [3.8, 4) is 0 Å². The van der Waals surface area contributed by atoms with Gasteiger partial charge < -0.3 is 14.8 Å². The molecule has 1 unspecified atom stereocenters. The van der Waals surface area contributed by atoms with E-state index < -0.39 is 23.9 Å². The summed E-state index contributed by atoms with van der Waals surface area (Å²) in [4.78, 5) is 41.2. The highest BCUT2D eigenvalue weighted by Crippen LogP contribution is 2.38. The highest BCUT2D eigenvalue weighted by Gasteiger charge is 2.29. The summed E-state index contributed by atoms with van der Waals surface area (Å²) in [5.41, 5.74) is 2.67. The molecule has 8 heteroatoms. The van der Waals surface area contributed by atoms with E-state index >= 15 is 0 Å². The van der Waals surface area contributed by atoms with Crippen LogP contribution in [0.15, 0.2) is 6.07 Å². The fourth-order valence-corrected chi connectivity index (χ4v) is 6.86. The second-order valence-electron chi connectivity index (χ2n) is 8.32. The van der Waals surface area contributed by atoms with Crippen molar-refractivity contribution in [1.82, 2.24) is 0 Å². The Labute approximate surface area is 196 Å². The molecule has 1 atom stereocenters. The normalized spacial score (nSPS) is 16.3. The smallest absolute Gasteiger partial charge is 0.349 e. The van der Waals surface area contributed by atoms with E-state index in [1.165, 1.54) is 40.2 Å². The summed E-state index contributed by atoms with van der Waals surface area (Å²) in [5, 5.41) is 3.36. The Kier molecular flexibility index (Phi) is 7.30. The first kappa shape index (κ1) is 23.0. The Balaban J connectivity index is 1.50. The van der Waals surface area contributed by atoms with E-state index in [1.54, 1.807) is 0 Å². The van der Waals surface area contributed by atoms with Crippen LogP contribution in [0.4, 0.5) is 5.00 Å². The van der Waals surface area contributed by atoms with Crippen molar-refractivity contribution in [3.63, 3.8) is 0 Å². The molecule has 0 saturated heterocycles. The van der Waals surface area contributed by atoms with Gasteiger partial charge in [0.05, 0.1) is 12.7 Å². The summed E-state index contributed by atoms with van der Waals surface area (Å²) in [6.45, 7) is 1.81. The van der Waals surface area contributed by atoms with Gasteiger partial charge in [-0.05, 0) is 75.0 Å². The number of anilines is 1. The molecule has 4 rings (SSSR count). The predicted octanol–water partition coefficient (Wildman–Crippen LogP) is 5.32. The molecule has 2 aromatic rings. The van der Waals surface area contributed by atoms with Gasteiger partial charge in [-0.2, -0.15) is 0 Å². The fraction of sp³-hybridized carbons (Fsp3) is 0.542. The highest BCUT2D eigenvalue weighted by atomic mass is 32.1. The molecule has 0 aliphatic heterocycles. The number of rotatable bonds is 6. The van der Waals surface area contributed by atoms with Crippen LogP contribution in [-0.4, -0.2) is 31.1 Å². The van der Waals surface area contributed by atoms with Gasteiger partial charge in [-0.1, -0.05) is 13.3 Å². The van der Waals surface area contributed by atoms with E-state index in [4.69, 9.17) is 9.47 Å². The standard InChI is InChI=1S/C24H29NO5S2/c1-3-16(30-23(27)19-13-14-9-7-8-11-17(14)31-19)21(26)25-22-20(24(28)29-2)15-10-5-4-6-12-18(15)32-22/h13,16H,3-12H2,1-2H3,(H,25,26). The molecule has 0 aromatic carbocycles. The van der Waals surface area contributed by atoms with E-state index in [0.717, 1.165) is 68.2 Å². The maximum absolute atomic E-state index is 13.0. The number of amides is 1. The van der Waals surface area contributed by atoms with Crippen molar-refractivity contribution in [3.05, 3.63) is 37.4 Å². The fourth-order valence-electron chi connectivity index (χ4n) is 4.44. The van der Waals surface area contributed by atoms with Crippen LogP contribution in [0.5, 0.6) is 0 Å². The summed E-state index contributed by atoms with van der Waals surface area (Å²) in [7, 11) is 1.35. The predicted molar refractivity (Wildman–Crippen MR) is 126 cm³/mol. The Bertz CT molecular complexity index is 998. The highest BCUT2D eigenvalue weighted by molar-refractivity contribution is 7.17. The number of fused-ring (bicyclic) bond motifs is 2. The quantitative estimate of drug-likeness (QED) is 0.452. The van der Waals surface area contributed by atoms with Crippen molar-refractivity contribution in [1.29, 1.82) is 0 Å². The third-order valence-corrected chi connectivity index (χ3v) is 8.58. The molecular formula is C24H29NO5S2. The van der Waals surface area contributed by atoms with Gasteiger partial charge in [-0.15, -0.1) is 22.7 Å². The maximum Gasteiger partial charge on any atom is 0.349 e. The Morgan fingerprint density at radius 3 is 2.44 bits per heavy atom. The van der Waals surface area contributed by atoms with Gasteiger partial charge in [0.2, 0.25) is 0 Å². The number of methoxy groups -OCH3 is 1. The van der Waals surface area contributed by atoms with Gasteiger partial charge in [-0.25, -0.2) is 9.59 Å². The lowest BCUT2D eigenvalue weighted by molar-refractivity contribution is -0.124.